The molecular weight excluding hydrogens is 394 g/mol. The van der Waals surface area contributed by atoms with E-state index in [-0.39, 0.29) is 11.5 Å². The van der Waals surface area contributed by atoms with E-state index in [9.17, 15) is 14.4 Å². The van der Waals surface area contributed by atoms with Gasteiger partial charge in [-0.05, 0) is 43.3 Å². The number of benzene rings is 2. The summed E-state index contributed by atoms with van der Waals surface area (Å²) in [6.07, 6.45) is 0. The van der Waals surface area contributed by atoms with Crippen molar-refractivity contribution in [3.05, 3.63) is 53.6 Å². The van der Waals surface area contributed by atoms with E-state index in [0.717, 1.165) is 4.90 Å². The summed E-state index contributed by atoms with van der Waals surface area (Å²) in [5, 5.41) is 6.06. The van der Waals surface area contributed by atoms with Crippen molar-refractivity contribution in [2.75, 3.05) is 16.5 Å². The SMILES string of the molecule is CCOc1ccc(N2C(=O)[C@H]3C(C(C)=O)=NN(c4ccccc4Cl)[C@@H]3C2=O)cc1. The van der Waals surface area contributed by atoms with Gasteiger partial charge in [0.15, 0.2) is 5.78 Å². The van der Waals surface area contributed by atoms with Crippen LogP contribution in [0.3, 0.4) is 0 Å². The highest BCUT2D eigenvalue weighted by molar-refractivity contribution is 6.49. The van der Waals surface area contributed by atoms with Gasteiger partial charge in [0.25, 0.3) is 5.91 Å². The molecule has 2 amide bonds. The average molecular weight is 412 g/mol. The number of anilines is 2. The van der Waals surface area contributed by atoms with Gasteiger partial charge in [-0.15, -0.1) is 0 Å². The van der Waals surface area contributed by atoms with E-state index >= 15 is 0 Å². The smallest absolute Gasteiger partial charge is 0.259 e. The highest BCUT2D eigenvalue weighted by atomic mass is 35.5. The van der Waals surface area contributed by atoms with E-state index in [0.29, 0.717) is 28.8 Å². The Morgan fingerprint density at radius 1 is 1.10 bits per heavy atom. The maximum atomic E-state index is 13.3. The molecule has 1 fully saturated rings. The number of imide groups is 1. The van der Waals surface area contributed by atoms with E-state index < -0.39 is 23.8 Å². The Balaban J connectivity index is 1.75. The second-order valence-corrected chi connectivity index (χ2v) is 7.11. The van der Waals surface area contributed by atoms with Gasteiger partial charge in [-0.25, -0.2) is 9.91 Å². The monoisotopic (exact) mass is 411 g/mol. The third kappa shape index (κ3) is 3.07. The molecule has 29 heavy (non-hydrogen) atoms. The maximum absolute atomic E-state index is 13.3. The Bertz CT molecular complexity index is 1030. The fourth-order valence-corrected chi connectivity index (χ4v) is 3.88. The van der Waals surface area contributed by atoms with Crippen molar-refractivity contribution in [1.29, 1.82) is 0 Å². The van der Waals surface area contributed by atoms with Crippen molar-refractivity contribution >= 4 is 46.3 Å². The Labute approximate surface area is 172 Å². The summed E-state index contributed by atoms with van der Waals surface area (Å²) in [7, 11) is 0. The maximum Gasteiger partial charge on any atom is 0.259 e. The lowest BCUT2D eigenvalue weighted by Crippen LogP contribution is -2.39. The topological polar surface area (TPSA) is 79.3 Å². The number of carbonyl (C=O) groups excluding carboxylic acids is 3. The summed E-state index contributed by atoms with van der Waals surface area (Å²) in [4.78, 5) is 39.7. The number of hydrogen-bond donors (Lipinski definition) is 0. The number of fused-ring (bicyclic) bond motifs is 1. The molecule has 2 aromatic carbocycles. The van der Waals surface area contributed by atoms with Crippen molar-refractivity contribution < 1.29 is 19.1 Å². The summed E-state index contributed by atoms with van der Waals surface area (Å²) in [5.74, 6) is -1.62. The number of hydrazone groups is 1. The zero-order valence-electron chi connectivity index (χ0n) is 15.8. The third-order valence-electron chi connectivity index (χ3n) is 4.92. The van der Waals surface area contributed by atoms with Crippen LogP contribution in [0.25, 0.3) is 0 Å². The molecule has 0 saturated carbocycles. The first-order valence-corrected chi connectivity index (χ1v) is 9.55. The number of amides is 2. The van der Waals surface area contributed by atoms with Crippen molar-refractivity contribution in [2.45, 2.75) is 19.9 Å². The van der Waals surface area contributed by atoms with Gasteiger partial charge in [0, 0.05) is 6.92 Å². The lowest BCUT2D eigenvalue weighted by Gasteiger charge is -2.23. The van der Waals surface area contributed by atoms with Crippen LogP contribution in [0.2, 0.25) is 5.02 Å². The first-order chi connectivity index (χ1) is 13.9. The molecule has 2 aliphatic rings. The molecule has 2 aliphatic heterocycles. The number of rotatable bonds is 5. The lowest BCUT2D eigenvalue weighted by molar-refractivity contribution is -0.122. The van der Waals surface area contributed by atoms with Gasteiger partial charge in [-0.1, -0.05) is 23.7 Å². The molecule has 0 spiro atoms. The van der Waals surface area contributed by atoms with Crippen molar-refractivity contribution in [3.8, 4) is 5.75 Å². The van der Waals surface area contributed by atoms with Crippen LogP contribution in [-0.2, 0) is 14.4 Å². The quantitative estimate of drug-likeness (QED) is 0.706. The Hall–Kier alpha value is -3.19. The minimum Gasteiger partial charge on any atom is -0.494 e. The fourth-order valence-electron chi connectivity index (χ4n) is 3.65. The molecule has 7 nitrogen and oxygen atoms in total. The molecule has 8 heteroatoms. The molecule has 2 heterocycles. The standard InChI is InChI=1S/C21H18ClN3O4/c1-3-29-14-10-8-13(9-11-14)24-20(27)17-18(12(2)26)23-25(19(17)21(24)28)16-7-5-4-6-15(16)22/h4-11,17,19H,3H2,1-2H3/t17-,19-/m0/s1. The van der Waals surface area contributed by atoms with E-state index in [2.05, 4.69) is 5.10 Å². The molecule has 2 aromatic rings. The molecule has 0 unspecified atom stereocenters. The molecule has 148 valence electrons. The largest absolute Gasteiger partial charge is 0.494 e. The van der Waals surface area contributed by atoms with Crippen LogP contribution in [0.1, 0.15) is 13.8 Å². The molecule has 0 radical (unpaired) electrons. The van der Waals surface area contributed by atoms with Crippen LogP contribution in [-0.4, -0.2) is 36.0 Å². The Kier molecular flexibility index (Phi) is 4.84. The third-order valence-corrected chi connectivity index (χ3v) is 5.23. The number of ketones is 1. The van der Waals surface area contributed by atoms with E-state index in [1.165, 1.54) is 11.9 Å². The summed E-state index contributed by atoms with van der Waals surface area (Å²) < 4.78 is 5.41. The number of Topliss-reactive ketones (excluding diaryl/α,β-unsaturated/α-hetero) is 1. The minimum atomic E-state index is -0.970. The van der Waals surface area contributed by atoms with Crippen LogP contribution in [0, 0.1) is 5.92 Å². The molecule has 1 saturated heterocycles. The first kappa shape index (κ1) is 19.1. The van der Waals surface area contributed by atoms with Gasteiger partial charge < -0.3 is 4.74 Å². The van der Waals surface area contributed by atoms with Gasteiger partial charge in [-0.2, -0.15) is 5.10 Å². The second-order valence-electron chi connectivity index (χ2n) is 6.70. The van der Waals surface area contributed by atoms with Crippen molar-refractivity contribution in [3.63, 3.8) is 0 Å². The average Bonchev–Trinajstić information content (AvgIpc) is 3.21. The predicted molar refractivity (Wildman–Crippen MR) is 109 cm³/mol. The zero-order chi connectivity index (χ0) is 20.7. The van der Waals surface area contributed by atoms with Crippen molar-refractivity contribution in [2.24, 2.45) is 11.0 Å². The summed E-state index contributed by atoms with van der Waals surface area (Å²) in [5.41, 5.74) is 0.941. The second kappa shape index (κ2) is 7.33. The van der Waals surface area contributed by atoms with Gasteiger partial charge in [0.1, 0.15) is 23.4 Å². The van der Waals surface area contributed by atoms with Crippen molar-refractivity contribution in [1.82, 2.24) is 0 Å². The minimum absolute atomic E-state index is 0.0571. The number of hydrogen-bond acceptors (Lipinski definition) is 6. The molecule has 0 N–H and O–H groups in total. The number of carbonyl (C=O) groups is 3. The van der Waals surface area contributed by atoms with Crippen LogP contribution in [0.4, 0.5) is 11.4 Å². The summed E-state index contributed by atoms with van der Waals surface area (Å²) in [6.45, 7) is 3.72. The van der Waals surface area contributed by atoms with Crippen LogP contribution >= 0.6 is 11.6 Å². The van der Waals surface area contributed by atoms with E-state index in [1.54, 1.807) is 48.5 Å². The van der Waals surface area contributed by atoms with Gasteiger partial charge in [-0.3, -0.25) is 14.4 Å². The number of halogens is 1. The predicted octanol–water partition coefficient (Wildman–Crippen LogP) is 3.06. The molecule has 0 aliphatic carbocycles. The van der Waals surface area contributed by atoms with E-state index in [1.807, 2.05) is 6.92 Å². The van der Waals surface area contributed by atoms with Gasteiger partial charge in [0.05, 0.1) is 23.0 Å². The van der Waals surface area contributed by atoms with Gasteiger partial charge in [0.2, 0.25) is 5.91 Å². The summed E-state index contributed by atoms with van der Waals surface area (Å²) in [6, 6.07) is 12.6. The molecular formula is C21H18ClN3O4. The number of ether oxygens (including phenoxy) is 1. The normalized spacial score (nSPS) is 20.7. The number of nitrogens with zero attached hydrogens (tertiary/aromatic N) is 3. The Morgan fingerprint density at radius 3 is 2.41 bits per heavy atom. The van der Waals surface area contributed by atoms with Gasteiger partial charge >= 0.3 is 0 Å². The number of para-hydroxylation sites is 1. The Morgan fingerprint density at radius 2 is 1.79 bits per heavy atom. The highest BCUT2D eigenvalue weighted by Gasteiger charge is 2.58. The zero-order valence-corrected chi connectivity index (χ0v) is 16.6. The molecule has 2 atom stereocenters. The highest BCUT2D eigenvalue weighted by Crippen LogP contribution is 2.40. The summed E-state index contributed by atoms with van der Waals surface area (Å²) >= 11 is 6.29. The lowest BCUT2D eigenvalue weighted by atomic mass is 9.95. The molecule has 4 rings (SSSR count). The van der Waals surface area contributed by atoms with Crippen LogP contribution in [0.15, 0.2) is 53.6 Å². The first-order valence-electron chi connectivity index (χ1n) is 9.18. The molecule has 0 bridgehead atoms. The van der Waals surface area contributed by atoms with Crippen LogP contribution < -0.4 is 14.6 Å². The molecule has 0 aromatic heterocycles. The van der Waals surface area contributed by atoms with E-state index in [4.69, 9.17) is 16.3 Å². The van der Waals surface area contributed by atoms with Crippen LogP contribution in [0.5, 0.6) is 5.75 Å². The fraction of sp³-hybridized carbons (Fsp3) is 0.238.